The quantitative estimate of drug-likeness (QED) is 0.572. The van der Waals surface area contributed by atoms with Gasteiger partial charge in [-0.2, -0.15) is 13.2 Å². The lowest BCUT2D eigenvalue weighted by Gasteiger charge is -2.18. The number of nitrogens with zero attached hydrogens (tertiary/aromatic N) is 1. The summed E-state index contributed by atoms with van der Waals surface area (Å²) >= 11 is 0. The van der Waals surface area contributed by atoms with Crippen molar-refractivity contribution >= 4 is 18.0 Å². The van der Waals surface area contributed by atoms with E-state index in [4.69, 9.17) is 9.84 Å². The Kier molecular flexibility index (Phi) is 7.00. The second-order valence-electron chi connectivity index (χ2n) is 8.75. The molecule has 0 aromatic heterocycles. The number of carbonyl (C=O) groups excluding carboxylic acids is 2. The van der Waals surface area contributed by atoms with Gasteiger partial charge in [-0.1, -0.05) is 48.5 Å². The molecule has 0 radical (unpaired) electrons. The molecule has 2 aromatic rings. The number of likely N-dealkylation sites (tertiary alicyclic amines) is 1. The number of rotatable bonds is 7. The van der Waals surface area contributed by atoms with Gasteiger partial charge in [0.25, 0.3) is 0 Å². The fraction of sp³-hybridized carbons (Fsp3) is 0.400. The third-order valence-corrected chi connectivity index (χ3v) is 6.59. The van der Waals surface area contributed by atoms with Gasteiger partial charge >= 0.3 is 18.2 Å². The fourth-order valence-electron chi connectivity index (χ4n) is 4.83. The molecule has 2 N–H and O–H groups in total. The molecule has 1 saturated heterocycles. The first-order chi connectivity index (χ1) is 16.7. The molecule has 10 heteroatoms. The summed E-state index contributed by atoms with van der Waals surface area (Å²) in [5, 5.41) is 11.6. The summed E-state index contributed by atoms with van der Waals surface area (Å²) in [4.78, 5) is 36.6. The van der Waals surface area contributed by atoms with E-state index in [1.165, 1.54) is 0 Å². The summed E-state index contributed by atoms with van der Waals surface area (Å²) < 4.78 is 44.7. The van der Waals surface area contributed by atoms with Crippen molar-refractivity contribution < 1.29 is 37.4 Å². The van der Waals surface area contributed by atoms with Crippen molar-refractivity contribution in [3.8, 4) is 11.1 Å². The topological polar surface area (TPSA) is 95.9 Å². The van der Waals surface area contributed by atoms with Crippen molar-refractivity contribution in [3.63, 3.8) is 0 Å². The number of nitrogens with one attached hydrogen (secondary N) is 1. The van der Waals surface area contributed by atoms with E-state index < -0.39 is 49.1 Å². The highest BCUT2D eigenvalue weighted by Gasteiger charge is 2.53. The molecule has 2 unspecified atom stereocenters. The molecule has 2 aromatic carbocycles. The van der Waals surface area contributed by atoms with E-state index in [1.54, 1.807) is 0 Å². The van der Waals surface area contributed by atoms with Crippen molar-refractivity contribution in [2.24, 2.45) is 11.8 Å². The van der Waals surface area contributed by atoms with E-state index in [0.29, 0.717) is 0 Å². The van der Waals surface area contributed by atoms with Crippen LogP contribution in [0.5, 0.6) is 0 Å². The Morgan fingerprint density at radius 3 is 2.14 bits per heavy atom. The molecule has 2 aliphatic rings. The number of aliphatic carboxylic acids is 1. The van der Waals surface area contributed by atoms with Gasteiger partial charge < -0.3 is 20.1 Å². The van der Waals surface area contributed by atoms with Gasteiger partial charge in [0.05, 0.1) is 11.8 Å². The number of benzene rings is 2. The van der Waals surface area contributed by atoms with Crippen LogP contribution in [0.3, 0.4) is 0 Å². The lowest BCUT2D eigenvalue weighted by Crippen LogP contribution is -2.34. The van der Waals surface area contributed by atoms with Crippen LogP contribution < -0.4 is 5.32 Å². The van der Waals surface area contributed by atoms with Crippen LogP contribution in [0.4, 0.5) is 18.0 Å². The molecule has 1 heterocycles. The average Bonchev–Trinajstić information content (AvgIpc) is 3.41. The van der Waals surface area contributed by atoms with E-state index >= 15 is 0 Å². The van der Waals surface area contributed by atoms with E-state index in [1.807, 2.05) is 48.5 Å². The van der Waals surface area contributed by atoms with Gasteiger partial charge in [-0.15, -0.1) is 0 Å². The van der Waals surface area contributed by atoms with Crippen molar-refractivity contribution in [1.29, 1.82) is 0 Å². The summed E-state index contributed by atoms with van der Waals surface area (Å²) in [6, 6.07) is 15.9. The zero-order valence-electron chi connectivity index (χ0n) is 18.8. The lowest BCUT2D eigenvalue weighted by atomic mass is 9.96. The first kappa shape index (κ1) is 24.6. The highest BCUT2D eigenvalue weighted by molar-refractivity contribution is 5.80. The number of alkyl halides is 3. The number of fused-ring (bicyclic) bond motifs is 3. The van der Waals surface area contributed by atoms with Crippen molar-refractivity contribution in [2.45, 2.75) is 24.9 Å². The van der Waals surface area contributed by atoms with Crippen molar-refractivity contribution in [2.75, 3.05) is 26.2 Å². The van der Waals surface area contributed by atoms with Crippen LogP contribution in [0.2, 0.25) is 0 Å². The van der Waals surface area contributed by atoms with Gasteiger partial charge in [-0.3, -0.25) is 9.59 Å². The molecule has 7 nitrogen and oxygen atoms in total. The number of ether oxygens (including phenoxy) is 1. The van der Waals surface area contributed by atoms with Crippen LogP contribution in [0.25, 0.3) is 11.1 Å². The molecule has 0 saturated carbocycles. The van der Waals surface area contributed by atoms with E-state index in [9.17, 15) is 27.6 Å². The van der Waals surface area contributed by atoms with Crippen LogP contribution in [-0.4, -0.2) is 60.4 Å². The second-order valence-corrected chi connectivity index (χ2v) is 8.75. The summed E-state index contributed by atoms with van der Waals surface area (Å²) in [6.45, 7) is -0.902. The van der Waals surface area contributed by atoms with Gasteiger partial charge in [-0.05, 0) is 28.7 Å². The first-order valence-corrected chi connectivity index (χ1v) is 11.3. The largest absolute Gasteiger partial charge is 0.481 e. The molecule has 0 spiro atoms. The summed E-state index contributed by atoms with van der Waals surface area (Å²) in [6.07, 6.45) is -5.26. The zero-order chi connectivity index (χ0) is 25.2. The highest BCUT2D eigenvalue weighted by Crippen LogP contribution is 2.44. The molecule has 186 valence electrons. The zero-order valence-corrected chi connectivity index (χ0v) is 18.8. The number of alkyl carbamates (subject to hydrolysis) is 1. The number of halogens is 3. The molecule has 1 fully saturated rings. The molecule has 0 bridgehead atoms. The lowest BCUT2D eigenvalue weighted by molar-refractivity contribution is -0.188. The Morgan fingerprint density at radius 2 is 1.60 bits per heavy atom. The van der Waals surface area contributed by atoms with Gasteiger partial charge in [0.2, 0.25) is 5.91 Å². The Labute approximate surface area is 199 Å². The SMILES string of the molecule is O=C(NCCCC(=O)N1CC(C(=O)O)C(C(F)(F)F)C1)OCC1c2ccccc2-c2ccccc21. The van der Waals surface area contributed by atoms with Crippen LogP contribution >= 0.6 is 0 Å². The molecule has 1 aliphatic heterocycles. The van der Waals surface area contributed by atoms with Gasteiger partial charge in [0.1, 0.15) is 6.61 Å². The van der Waals surface area contributed by atoms with Crippen LogP contribution in [0.1, 0.15) is 29.9 Å². The third kappa shape index (κ3) is 5.26. The highest BCUT2D eigenvalue weighted by atomic mass is 19.4. The molecule has 2 amide bonds. The third-order valence-electron chi connectivity index (χ3n) is 6.59. The average molecular weight is 490 g/mol. The van der Waals surface area contributed by atoms with E-state index in [2.05, 4.69) is 5.32 Å². The van der Waals surface area contributed by atoms with Crippen molar-refractivity contribution in [3.05, 3.63) is 59.7 Å². The van der Waals surface area contributed by atoms with E-state index in [0.717, 1.165) is 27.2 Å². The predicted octanol–water partition coefficient (Wildman–Crippen LogP) is 4.03. The smallest absolute Gasteiger partial charge is 0.407 e. The fourth-order valence-corrected chi connectivity index (χ4v) is 4.83. The monoisotopic (exact) mass is 490 g/mol. The summed E-state index contributed by atoms with van der Waals surface area (Å²) in [7, 11) is 0. The Balaban J connectivity index is 1.22. The summed E-state index contributed by atoms with van der Waals surface area (Å²) in [5.41, 5.74) is 4.37. The number of hydrogen-bond acceptors (Lipinski definition) is 4. The summed E-state index contributed by atoms with van der Waals surface area (Å²) in [5.74, 6) is -5.98. The molecule has 1 aliphatic carbocycles. The minimum absolute atomic E-state index is 0.0892. The Morgan fingerprint density at radius 1 is 1.00 bits per heavy atom. The van der Waals surface area contributed by atoms with E-state index in [-0.39, 0.29) is 31.9 Å². The minimum Gasteiger partial charge on any atom is -0.481 e. The minimum atomic E-state index is -4.69. The number of hydrogen-bond donors (Lipinski definition) is 2. The normalized spacial score (nSPS) is 19.2. The van der Waals surface area contributed by atoms with Crippen LogP contribution in [-0.2, 0) is 14.3 Å². The maximum absolute atomic E-state index is 13.1. The number of carbonyl (C=O) groups is 3. The molecule has 35 heavy (non-hydrogen) atoms. The van der Waals surface area contributed by atoms with Crippen LogP contribution in [0.15, 0.2) is 48.5 Å². The number of carboxylic acids is 1. The molecular weight excluding hydrogens is 465 g/mol. The molecular formula is C25H25F3N2O5. The second kappa shape index (κ2) is 9.97. The van der Waals surface area contributed by atoms with Gasteiger partial charge in [0, 0.05) is 32.0 Å². The maximum atomic E-state index is 13.1. The standard InChI is InChI=1S/C25H25F3N2O5/c26-25(27,28)21-13-30(12-19(21)23(32)33)22(31)10-5-11-29-24(34)35-14-20-17-8-3-1-6-15(17)16-7-2-4-9-18(16)20/h1-4,6-9,19-21H,5,10-14H2,(H,29,34)(H,32,33). The first-order valence-electron chi connectivity index (χ1n) is 11.3. The molecule has 4 rings (SSSR count). The van der Waals surface area contributed by atoms with Crippen LogP contribution in [0, 0.1) is 11.8 Å². The van der Waals surface area contributed by atoms with Gasteiger partial charge in [0.15, 0.2) is 0 Å². The Hall–Kier alpha value is -3.56. The molecule has 2 atom stereocenters. The maximum Gasteiger partial charge on any atom is 0.407 e. The Bertz CT molecular complexity index is 1070. The van der Waals surface area contributed by atoms with Gasteiger partial charge in [-0.25, -0.2) is 4.79 Å². The number of amides is 2. The van der Waals surface area contributed by atoms with Crippen molar-refractivity contribution in [1.82, 2.24) is 10.2 Å². The number of carboxylic acid groups (broad SMARTS) is 1. The predicted molar refractivity (Wildman–Crippen MR) is 120 cm³/mol.